The van der Waals surface area contributed by atoms with E-state index in [1.54, 1.807) is 6.07 Å². The summed E-state index contributed by atoms with van der Waals surface area (Å²) >= 11 is 13.1. The largest absolute Gasteiger partial charge is 0.346 e. The average molecular weight is 424 g/mol. The van der Waals surface area contributed by atoms with Gasteiger partial charge < -0.3 is 5.32 Å². The van der Waals surface area contributed by atoms with E-state index in [4.69, 9.17) is 11.6 Å². The molecule has 1 fully saturated rings. The summed E-state index contributed by atoms with van der Waals surface area (Å²) in [5.41, 5.74) is 0.384. The van der Waals surface area contributed by atoms with E-state index in [2.05, 4.69) is 44.1 Å². The standard InChI is InChI=1S/C15H18Br2ClNO/c1-10-5-7-15(9-16,8-6-10)19-14(20)11-3-2-4-12(17)13(11)18/h2-4,10H,5-9H2,1H3,(H,19,20). The van der Waals surface area contributed by atoms with Crippen LogP contribution in [-0.2, 0) is 0 Å². The summed E-state index contributed by atoms with van der Waals surface area (Å²) in [7, 11) is 0. The normalized spacial score (nSPS) is 26.3. The highest BCUT2D eigenvalue weighted by Gasteiger charge is 2.35. The number of amides is 1. The minimum absolute atomic E-state index is 0.0923. The molecule has 1 saturated carbocycles. The van der Waals surface area contributed by atoms with Crippen molar-refractivity contribution in [1.29, 1.82) is 0 Å². The summed E-state index contributed by atoms with van der Waals surface area (Å²) in [5.74, 6) is 0.652. The Labute approximate surface area is 141 Å². The third-order valence-corrected chi connectivity index (χ3v) is 6.43. The van der Waals surface area contributed by atoms with Crippen LogP contribution < -0.4 is 5.32 Å². The maximum absolute atomic E-state index is 12.5. The number of carbonyl (C=O) groups excluding carboxylic acids is 1. The van der Waals surface area contributed by atoms with Gasteiger partial charge in [-0.3, -0.25) is 4.79 Å². The Kier molecular flexibility index (Phi) is 5.55. The molecule has 0 atom stereocenters. The first-order valence-electron chi connectivity index (χ1n) is 6.80. The van der Waals surface area contributed by atoms with Gasteiger partial charge in [0.2, 0.25) is 0 Å². The summed E-state index contributed by atoms with van der Waals surface area (Å²) in [6.45, 7) is 2.27. The second-order valence-corrected chi connectivity index (χ2v) is 7.45. The Morgan fingerprint density at radius 2 is 2.10 bits per heavy atom. The second kappa shape index (κ2) is 6.80. The van der Waals surface area contributed by atoms with Crippen molar-refractivity contribution >= 4 is 49.4 Å². The van der Waals surface area contributed by atoms with Crippen molar-refractivity contribution in [2.24, 2.45) is 5.92 Å². The van der Waals surface area contributed by atoms with Crippen molar-refractivity contribution in [1.82, 2.24) is 5.32 Å². The number of carbonyl (C=O) groups is 1. The van der Waals surface area contributed by atoms with Crippen LogP contribution in [0.5, 0.6) is 0 Å². The molecule has 0 saturated heterocycles. The molecule has 0 spiro atoms. The van der Waals surface area contributed by atoms with Crippen molar-refractivity contribution in [3.63, 3.8) is 0 Å². The number of rotatable bonds is 3. The van der Waals surface area contributed by atoms with Crippen LogP contribution in [0.4, 0.5) is 0 Å². The van der Waals surface area contributed by atoms with Crippen molar-refractivity contribution < 1.29 is 4.79 Å². The highest BCUT2D eigenvalue weighted by atomic mass is 79.9. The molecule has 1 aliphatic carbocycles. The summed E-state index contributed by atoms with van der Waals surface area (Å²) in [6.07, 6.45) is 4.32. The molecular formula is C15H18Br2ClNO. The van der Waals surface area contributed by atoms with E-state index < -0.39 is 0 Å². The van der Waals surface area contributed by atoms with Crippen molar-refractivity contribution in [3.8, 4) is 0 Å². The molecule has 0 unspecified atom stereocenters. The number of benzene rings is 1. The topological polar surface area (TPSA) is 29.1 Å². The van der Waals surface area contributed by atoms with Gasteiger partial charge in [0.15, 0.2) is 0 Å². The lowest BCUT2D eigenvalue weighted by Gasteiger charge is -2.39. The first-order chi connectivity index (χ1) is 9.47. The number of nitrogens with one attached hydrogen (secondary N) is 1. The van der Waals surface area contributed by atoms with Crippen LogP contribution in [-0.4, -0.2) is 16.8 Å². The zero-order chi connectivity index (χ0) is 14.8. The predicted molar refractivity (Wildman–Crippen MR) is 90.8 cm³/mol. The van der Waals surface area contributed by atoms with Crippen LogP contribution in [0.1, 0.15) is 43.0 Å². The fourth-order valence-corrected chi connectivity index (χ4v) is 3.87. The molecule has 110 valence electrons. The summed E-state index contributed by atoms with van der Waals surface area (Å²) in [5, 5.41) is 4.45. The van der Waals surface area contributed by atoms with E-state index in [0.29, 0.717) is 10.6 Å². The fraction of sp³-hybridized carbons (Fsp3) is 0.533. The molecule has 0 radical (unpaired) electrons. The molecule has 0 aromatic heterocycles. The van der Waals surface area contributed by atoms with Gasteiger partial charge >= 0.3 is 0 Å². The van der Waals surface area contributed by atoms with Crippen LogP contribution in [0.25, 0.3) is 0 Å². The van der Waals surface area contributed by atoms with Crippen molar-refractivity contribution in [2.75, 3.05) is 5.33 Å². The SMILES string of the molecule is CC1CCC(CBr)(NC(=O)c2cccc(Br)c2Cl)CC1. The van der Waals surface area contributed by atoms with Gasteiger partial charge in [0.1, 0.15) is 0 Å². The van der Waals surface area contributed by atoms with E-state index in [0.717, 1.165) is 41.4 Å². The molecular weight excluding hydrogens is 405 g/mol. The molecule has 2 nitrogen and oxygen atoms in total. The number of hydrogen-bond donors (Lipinski definition) is 1. The van der Waals surface area contributed by atoms with Gasteiger partial charge in [0.25, 0.3) is 5.91 Å². The third-order valence-electron chi connectivity index (χ3n) is 4.06. The number of alkyl halides is 1. The van der Waals surface area contributed by atoms with Gasteiger partial charge in [-0.05, 0) is 59.7 Å². The molecule has 1 amide bonds. The zero-order valence-electron chi connectivity index (χ0n) is 11.4. The van der Waals surface area contributed by atoms with Crippen molar-refractivity contribution in [3.05, 3.63) is 33.3 Å². The van der Waals surface area contributed by atoms with Gasteiger partial charge in [-0.15, -0.1) is 0 Å². The average Bonchev–Trinajstić information content (AvgIpc) is 2.44. The minimum Gasteiger partial charge on any atom is -0.346 e. The molecule has 1 aromatic rings. The van der Waals surface area contributed by atoms with Gasteiger partial charge in [-0.2, -0.15) is 0 Å². The molecule has 2 rings (SSSR count). The Balaban J connectivity index is 2.15. The van der Waals surface area contributed by atoms with Crippen LogP contribution in [0.15, 0.2) is 22.7 Å². The molecule has 20 heavy (non-hydrogen) atoms. The number of halogens is 3. The Morgan fingerprint density at radius 1 is 1.45 bits per heavy atom. The molecule has 1 N–H and O–H groups in total. The predicted octanol–water partition coefficient (Wildman–Crippen LogP) is 5.18. The zero-order valence-corrected chi connectivity index (χ0v) is 15.3. The lowest BCUT2D eigenvalue weighted by molar-refractivity contribution is 0.0874. The quantitative estimate of drug-likeness (QED) is 0.667. The minimum atomic E-state index is -0.144. The fourth-order valence-electron chi connectivity index (χ4n) is 2.59. The highest BCUT2D eigenvalue weighted by Crippen LogP contribution is 2.34. The maximum atomic E-state index is 12.5. The second-order valence-electron chi connectivity index (χ2n) is 5.65. The van der Waals surface area contributed by atoms with Crippen LogP contribution >= 0.6 is 43.5 Å². The Bertz CT molecular complexity index is 499. The van der Waals surface area contributed by atoms with Crippen LogP contribution in [0.2, 0.25) is 5.02 Å². The van der Waals surface area contributed by atoms with E-state index in [9.17, 15) is 4.79 Å². The summed E-state index contributed by atoms with van der Waals surface area (Å²) in [6, 6.07) is 5.42. The molecule has 1 aliphatic rings. The lowest BCUT2D eigenvalue weighted by atomic mass is 9.78. The van der Waals surface area contributed by atoms with E-state index in [1.165, 1.54) is 0 Å². The molecule has 0 aliphatic heterocycles. The van der Waals surface area contributed by atoms with Crippen LogP contribution in [0.3, 0.4) is 0 Å². The monoisotopic (exact) mass is 421 g/mol. The first-order valence-corrected chi connectivity index (χ1v) is 9.09. The summed E-state index contributed by atoms with van der Waals surface area (Å²) in [4.78, 5) is 12.5. The molecule has 0 bridgehead atoms. The van der Waals surface area contributed by atoms with Crippen LogP contribution in [0, 0.1) is 5.92 Å². The molecule has 0 heterocycles. The van der Waals surface area contributed by atoms with Gasteiger partial charge in [0.05, 0.1) is 16.1 Å². The first kappa shape index (κ1) is 16.3. The smallest absolute Gasteiger partial charge is 0.253 e. The van der Waals surface area contributed by atoms with Gasteiger partial charge in [0, 0.05) is 9.80 Å². The molecule has 1 aromatic carbocycles. The van der Waals surface area contributed by atoms with E-state index in [1.807, 2.05) is 12.1 Å². The van der Waals surface area contributed by atoms with Gasteiger partial charge in [-0.25, -0.2) is 0 Å². The Morgan fingerprint density at radius 3 is 2.70 bits per heavy atom. The van der Waals surface area contributed by atoms with E-state index >= 15 is 0 Å². The lowest BCUT2D eigenvalue weighted by Crippen LogP contribution is -2.52. The maximum Gasteiger partial charge on any atom is 0.253 e. The van der Waals surface area contributed by atoms with Gasteiger partial charge in [-0.1, -0.05) is 40.5 Å². The summed E-state index contributed by atoms with van der Waals surface area (Å²) < 4.78 is 0.747. The van der Waals surface area contributed by atoms with E-state index in [-0.39, 0.29) is 11.4 Å². The third kappa shape index (κ3) is 3.58. The highest BCUT2D eigenvalue weighted by molar-refractivity contribution is 9.10. The number of hydrogen-bond acceptors (Lipinski definition) is 1. The Hall–Kier alpha value is -0.0600. The van der Waals surface area contributed by atoms with Crippen molar-refractivity contribution in [2.45, 2.75) is 38.1 Å². The molecule has 5 heteroatoms.